The minimum Gasteiger partial charge on any atom is -0.365 e. The Morgan fingerprint density at radius 3 is 2.25 bits per heavy atom. The third kappa shape index (κ3) is 0.740. The second-order valence-corrected chi connectivity index (χ2v) is 2.27. The van der Waals surface area contributed by atoms with E-state index in [1.165, 1.54) is 0 Å². The molecule has 2 N–H and O–H groups in total. The number of aliphatic hydroxyl groups is 2. The van der Waals surface area contributed by atoms with E-state index in [9.17, 15) is 0 Å². The van der Waals surface area contributed by atoms with Gasteiger partial charge >= 0.3 is 0 Å². The first-order chi connectivity index (χ1) is 3.67. The molecule has 0 amide bonds. The van der Waals surface area contributed by atoms with E-state index in [1.54, 1.807) is 0 Å². The van der Waals surface area contributed by atoms with Gasteiger partial charge in [-0.25, -0.2) is 0 Å². The molecule has 47 valence electrons. The average Bonchev–Trinajstić information content (AvgIpc) is 1.66. The fourth-order valence-corrected chi connectivity index (χ4v) is 0.985. The van der Waals surface area contributed by atoms with Crippen LogP contribution in [-0.2, 0) is 0 Å². The topological polar surface area (TPSA) is 40.5 Å². The van der Waals surface area contributed by atoms with Gasteiger partial charge < -0.3 is 10.2 Å². The van der Waals surface area contributed by atoms with E-state index in [4.69, 9.17) is 10.2 Å². The summed E-state index contributed by atoms with van der Waals surface area (Å²) in [7, 11) is 0. The van der Waals surface area contributed by atoms with E-state index < -0.39 is 5.79 Å². The molecular formula is C6H11O2. The van der Waals surface area contributed by atoms with Crippen molar-refractivity contribution in [3.63, 3.8) is 0 Å². The zero-order valence-electron chi connectivity index (χ0n) is 5.02. The lowest BCUT2D eigenvalue weighted by molar-refractivity contribution is -0.190. The van der Waals surface area contributed by atoms with Crippen LogP contribution in [0.2, 0.25) is 0 Å². The van der Waals surface area contributed by atoms with Crippen molar-refractivity contribution in [1.29, 1.82) is 0 Å². The van der Waals surface area contributed by atoms with E-state index >= 15 is 0 Å². The third-order valence-corrected chi connectivity index (χ3v) is 1.77. The Labute approximate surface area is 49.1 Å². The van der Waals surface area contributed by atoms with Gasteiger partial charge in [0.15, 0.2) is 5.79 Å². The summed E-state index contributed by atoms with van der Waals surface area (Å²) in [6.45, 7) is 1.94. The molecule has 0 heterocycles. The predicted molar refractivity (Wildman–Crippen MR) is 29.9 cm³/mol. The average molecular weight is 115 g/mol. The molecule has 0 saturated heterocycles. The van der Waals surface area contributed by atoms with E-state index in [2.05, 4.69) is 0 Å². The molecule has 0 atom stereocenters. The predicted octanol–water partition coefficient (Wildman–Crippen LogP) is 0.446. The van der Waals surface area contributed by atoms with Gasteiger partial charge in [-0.2, -0.15) is 0 Å². The minimum absolute atomic E-state index is 0.524. The Morgan fingerprint density at radius 2 is 2.25 bits per heavy atom. The zero-order valence-corrected chi connectivity index (χ0v) is 5.02. The maximum atomic E-state index is 8.89. The van der Waals surface area contributed by atoms with Crippen LogP contribution in [-0.4, -0.2) is 16.0 Å². The van der Waals surface area contributed by atoms with Gasteiger partial charge in [0, 0.05) is 12.3 Å². The SMILES string of the molecule is CC[C]1CCC1(O)O. The molecule has 1 fully saturated rings. The highest BCUT2D eigenvalue weighted by molar-refractivity contribution is 5.10. The lowest BCUT2D eigenvalue weighted by Gasteiger charge is -2.39. The normalized spacial score (nSPS) is 27.4. The lowest BCUT2D eigenvalue weighted by atomic mass is 9.77. The third-order valence-electron chi connectivity index (χ3n) is 1.77. The fraction of sp³-hybridized carbons (Fsp3) is 0.833. The van der Waals surface area contributed by atoms with Crippen LogP contribution in [0.25, 0.3) is 0 Å². The molecule has 0 unspecified atom stereocenters. The largest absolute Gasteiger partial charge is 0.365 e. The standard InChI is InChI=1S/C6H11O2/c1-2-5-3-4-6(5,7)8/h7-8H,2-4H2,1H3. The molecule has 1 saturated carbocycles. The highest BCUT2D eigenvalue weighted by Crippen LogP contribution is 2.39. The Kier molecular flexibility index (Phi) is 1.29. The molecule has 0 aromatic carbocycles. The summed E-state index contributed by atoms with van der Waals surface area (Å²) in [5, 5.41) is 17.8. The molecule has 2 heteroatoms. The molecule has 2 nitrogen and oxygen atoms in total. The molecular weight excluding hydrogens is 104 g/mol. The maximum Gasteiger partial charge on any atom is 0.168 e. The van der Waals surface area contributed by atoms with E-state index in [0.717, 1.165) is 18.8 Å². The van der Waals surface area contributed by atoms with Gasteiger partial charge in [0.25, 0.3) is 0 Å². The Hall–Kier alpha value is -0.0800. The van der Waals surface area contributed by atoms with Crippen molar-refractivity contribution in [1.82, 2.24) is 0 Å². The molecule has 1 radical (unpaired) electrons. The highest BCUT2D eigenvalue weighted by atomic mass is 16.5. The molecule has 0 bridgehead atoms. The number of hydrogen-bond donors (Lipinski definition) is 2. The molecule has 8 heavy (non-hydrogen) atoms. The zero-order chi connectivity index (χ0) is 6.20. The van der Waals surface area contributed by atoms with Gasteiger partial charge in [-0.15, -0.1) is 0 Å². The lowest BCUT2D eigenvalue weighted by Crippen LogP contribution is -2.44. The van der Waals surface area contributed by atoms with Crippen LogP contribution in [0.15, 0.2) is 0 Å². The molecule has 0 aromatic rings. The van der Waals surface area contributed by atoms with Crippen molar-refractivity contribution >= 4 is 0 Å². The van der Waals surface area contributed by atoms with Crippen molar-refractivity contribution in [3.8, 4) is 0 Å². The quantitative estimate of drug-likeness (QED) is 0.487. The van der Waals surface area contributed by atoms with Crippen LogP contribution < -0.4 is 0 Å². The first-order valence-corrected chi connectivity index (χ1v) is 2.96. The summed E-state index contributed by atoms with van der Waals surface area (Å²) in [5.41, 5.74) is 0. The molecule has 0 aromatic heterocycles. The summed E-state index contributed by atoms with van der Waals surface area (Å²) in [4.78, 5) is 0. The maximum absolute atomic E-state index is 8.89. The number of rotatable bonds is 1. The van der Waals surface area contributed by atoms with E-state index in [0.29, 0.717) is 6.42 Å². The summed E-state index contributed by atoms with van der Waals surface area (Å²) >= 11 is 0. The summed E-state index contributed by atoms with van der Waals surface area (Å²) in [5.74, 6) is -0.521. The Balaban J connectivity index is 2.37. The monoisotopic (exact) mass is 115 g/mol. The van der Waals surface area contributed by atoms with E-state index in [1.807, 2.05) is 6.92 Å². The minimum atomic E-state index is -1.39. The van der Waals surface area contributed by atoms with Crippen LogP contribution in [0.1, 0.15) is 26.2 Å². The van der Waals surface area contributed by atoms with Crippen LogP contribution >= 0.6 is 0 Å². The van der Waals surface area contributed by atoms with Crippen LogP contribution in [0, 0.1) is 5.92 Å². The molecule has 0 spiro atoms. The molecule has 0 aliphatic heterocycles. The summed E-state index contributed by atoms with van der Waals surface area (Å²) in [6, 6.07) is 0. The first-order valence-electron chi connectivity index (χ1n) is 2.96. The first kappa shape index (κ1) is 6.05. The van der Waals surface area contributed by atoms with Gasteiger partial charge in [-0.3, -0.25) is 0 Å². The van der Waals surface area contributed by atoms with Crippen LogP contribution in [0.3, 0.4) is 0 Å². The van der Waals surface area contributed by atoms with E-state index in [-0.39, 0.29) is 0 Å². The van der Waals surface area contributed by atoms with Crippen molar-refractivity contribution in [2.24, 2.45) is 0 Å². The van der Waals surface area contributed by atoms with Gasteiger partial charge in [-0.05, 0) is 12.8 Å². The van der Waals surface area contributed by atoms with Crippen LogP contribution in [0.4, 0.5) is 0 Å². The number of hydrogen-bond acceptors (Lipinski definition) is 2. The van der Waals surface area contributed by atoms with Crippen LogP contribution in [0.5, 0.6) is 0 Å². The van der Waals surface area contributed by atoms with Crippen molar-refractivity contribution in [2.75, 3.05) is 0 Å². The smallest absolute Gasteiger partial charge is 0.168 e. The molecule has 1 rings (SSSR count). The van der Waals surface area contributed by atoms with Crippen molar-refractivity contribution in [3.05, 3.63) is 5.92 Å². The summed E-state index contributed by atoms with van der Waals surface area (Å²) in [6.07, 6.45) is 2.21. The van der Waals surface area contributed by atoms with Gasteiger partial charge in [0.2, 0.25) is 0 Å². The van der Waals surface area contributed by atoms with Gasteiger partial charge in [0.1, 0.15) is 0 Å². The Morgan fingerprint density at radius 1 is 1.62 bits per heavy atom. The molecule has 1 aliphatic rings. The second-order valence-electron chi connectivity index (χ2n) is 2.27. The second kappa shape index (κ2) is 1.71. The van der Waals surface area contributed by atoms with Crippen molar-refractivity contribution < 1.29 is 10.2 Å². The van der Waals surface area contributed by atoms with Gasteiger partial charge in [0.05, 0.1) is 0 Å². The fourth-order valence-electron chi connectivity index (χ4n) is 0.985. The van der Waals surface area contributed by atoms with Crippen molar-refractivity contribution in [2.45, 2.75) is 32.0 Å². The highest BCUT2D eigenvalue weighted by Gasteiger charge is 2.42. The Bertz CT molecular complexity index is 86.5. The summed E-state index contributed by atoms with van der Waals surface area (Å²) < 4.78 is 0. The molecule has 1 aliphatic carbocycles. The van der Waals surface area contributed by atoms with Gasteiger partial charge in [-0.1, -0.05) is 6.92 Å².